The zero-order chi connectivity index (χ0) is 21.4. The van der Waals surface area contributed by atoms with Gasteiger partial charge in [-0.25, -0.2) is 9.97 Å². The summed E-state index contributed by atoms with van der Waals surface area (Å²) in [6.07, 6.45) is 3.20. The molecule has 7 nitrogen and oxygen atoms in total. The van der Waals surface area contributed by atoms with E-state index in [0.717, 1.165) is 5.56 Å². The van der Waals surface area contributed by atoms with Crippen molar-refractivity contribution in [3.63, 3.8) is 0 Å². The number of amides is 1. The summed E-state index contributed by atoms with van der Waals surface area (Å²) in [7, 11) is 6.06. The molecular weight excluding hydrogens is 363 g/mol. The molecule has 3 aromatic rings. The van der Waals surface area contributed by atoms with E-state index in [4.69, 9.17) is 10.5 Å². The first-order valence-electron chi connectivity index (χ1n) is 9.62. The molecule has 148 valence electrons. The highest BCUT2D eigenvalue weighted by Gasteiger charge is 2.24. The molecule has 3 N–H and O–H groups in total. The van der Waals surface area contributed by atoms with Crippen molar-refractivity contribution in [1.29, 1.82) is 0 Å². The van der Waals surface area contributed by atoms with E-state index in [-0.39, 0.29) is 22.6 Å². The monoisotopic (exact) mass is 389 g/mol. The van der Waals surface area contributed by atoms with Crippen molar-refractivity contribution in [1.82, 2.24) is 14.5 Å². The number of rotatable bonds is 5. The van der Waals surface area contributed by atoms with Crippen molar-refractivity contribution < 1.29 is 9.53 Å². The summed E-state index contributed by atoms with van der Waals surface area (Å²) >= 11 is 0. The van der Waals surface area contributed by atoms with Crippen molar-refractivity contribution in [3.05, 3.63) is 47.9 Å². The number of nitrogens with one attached hydrogen (secondary N) is 1. The van der Waals surface area contributed by atoms with E-state index in [1.54, 1.807) is 6.20 Å². The molecule has 0 aliphatic heterocycles. The molecule has 1 amide bonds. The number of carbonyl (C=O) groups is 1. The average molecular weight is 389 g/mol. The van der Waals surface area contributed by atoms with E-state index in [0.29, 0.717) is 28.9 Å². The quantitative estimate of drug-likeness (QED) is 0.602. The van der Waals surface area contributed by atoms with Gasteiger partial charge < -0.3 is 20.4 Å². The standard InChI is InChI=1S/C19H26B3N5O2/c1-18(2,3)27-8-13(14-15(23)24-10-25-16(14)27)17(28)26-12-6-4-11(5-7-12)9-29-19(20,21)22/h4-8,10H,9,20-22H2,1-3H3,(H,26,28)(H2,23,24,25). The van der Waals surface area contributed by atoms with Crippen LogP contribution in [0.25, 0.3) is 11.0 Å². The third-order valence-corrected chi connectivity index (χ3v) is 4.46. The van der Waals surface area contributed by atoms with Gasteiger partial charge in [0.05, 0.1) is 17.6 Å². The molecule has 3 rings (SSSR count). The van der Waals surface area contributed by atoms with Gasteiger partial charge in [-0.1, -0.05) is 12.1 Å². The lowest BCUT2D eigenvalue weighted by molar-refractivity contribution is 0.102. The lowest BCUT2D eigenvalue weighted by atomic mass is 9.52. The Hall–Kier alpha value is -2.74. The maximum atomic E-state index is 13.0. The molecule has 0 fully saturated rings. The van der Waals surface area contributed by atoms with Gasteiger partial charge in [-0.15, -0.1) is 0 Å². The zero-order valence-electron chi connectivity index (χ0n) is 17.9. The second-order valence-electron chi connectivity index (χ2n) is 9.09. The van der Waals surface area contributed by atoms with Crippen molar-refractivity contribution in [2.75, 3.05) is 11.1 Å². The molecule has 0 bridgehead atoms. The Morgan fingerprint density at radius 2 is 1.83 bits per heavy atom. The van der Waals surface area contributed by atoms with Gasteiger partial charge in [0.2, 0.25) is 0 Å². The summed E-state index contributed by atoms with van der Waals surface area (Å²) in [6.45, 7) is 6.66. The molecule has 0 unspecified atom stereocenters. The average Bonchev–Trinajstić information content (AvgIpc) is 3.02. The molecule has 0 atom stereocenters. The molecule has 0 radical (unpaired) electrons. The van der Waals surface area contributed by atoms with Crippen molar-refractivity contribution in [2.24, 2.45) is 0 Å². The van der Waals surface area contributed by atoms with Crippen LogP contribution < -0.4 is 11.1 Å². The van der Waals surface area contributed by atoms with Gasteiger partial charge in [0.25, 0.3) is 5.91 Å². The second-order valence-corrected chi connectivity index (χ2v) is 9.09. The Bertz CT molecular complexity index is 1040. The van der Waals surface area contributed by atoms with Crippen LogP contribution in [-0.2, 0) is 16.9 Å². The summed E-state index contributed by atoms with van der Waals surface area (Å²) in [5, 5.41) is 3.30. The summed E-state index contributed by atoms with van der Waals surface area (Å²) in [5.41, 5.74) is 8.65. The van der Waals surface area contributed by atoms with E-state index in [9.17, 15) is 4.79 Å². The molecule has 2 aromatic heterocycles. The minimum absolute atomic E-state index is 0.198. The molecule has 0 saturated heterocycles. The lowest BCUT2D eigenvalue weighted by Crippen LogP contribution is -2.33. The fourth-order valence-corrected chi connectivity index (χ4v) is 2.95. The number of hydrogen-bond donors (Lipinski definition) is 2. The van der Waals surface area contributed by atoms with Gasteiger partial charge in [0.15, 0.2) is 0 Å². The minimum Gasteiger partial charge on any atom is -0.396 e. The normalized spacial score (nSPS) is 12.2. The van der Waals surface area contributed by atoms with E-state index in [1.165, 1.54) is 6.33 Å². The van der Waals surface area contributed by atoms with Crippen LogP contribution in [0.5, 0.6) is 0 Å². The summed E-state index contributed by atoms with van der Waals surface area (Å²) in [5.74, 6) is 0.0380. The molecule has 0 aliphatic rings. The Balaban J connectivity index is 1.85. The summed E-state index contributed by atoms with van der Waals surface area (Å²) < 4.78 is 7.73. The highest BCUT2D eigenvalue weighted by molar-refractivity contribution is 6.58. The van der Waals surface area contributed by atoms with Crippen LogP contribution in [0.2, 0.25) is 0 Å². The lowest BCUT2D eigenvalue weighted by Gasteiger charge is -2.21. The SMILES string of the molecule is BC(B)(B)OCc1ccc(NC(=O)c2cn(C(C)(C)C)c3ncnc(N)c23)cc1. The molecule has 0 aliphatic carbocycles. The van der Waals surface area contributed by atoms with Crippen molar-refractivity contribution in [3.8, 4) is 0 Å². The highest BCUT2D eigenvalue weighted by atomic mass is 16.5. The Morgan fingerprint density at radius 1 is 1.17 bits per heavy atom. The third kappa shape index (κ3) is 4.82. The molecule has 10 heteroatoms. The fourth-order valence-electron chi connectivity index (χ4n) is 2.95. The third-order valence-electron chi connectivity index (χ3n) is 4.46. The minimum atomic E-state index is -0.258. The molecule has 29 heavy (non-hydrogen) atoms. The Kier molecular flexibility index (Phi) is 5.49. The smallest absolute Gasteiger partial charge is 0.258 e. The first-order valence-corrected chi connectivity index (χ1v) is 9.62. The maximum Gasteiger partial charge on any atom is 0.258 e. The number of hydrogen-bond acceptors (Lipinski definition) is 5. The van der Waals surface area contributed by atoms with Gasteiger partial charge in [-0.05, 0) is 43.8 Å². The first kappa shape index (κ1) is 21.0. The van der Waals surface area contributed by atoms with Gasteiger partial charge in [0.1, 0.15) is 41.3 Å². The zero-order valence-corrected chi connectivity index (χ0v) is 17.9. The van der Waals surface area contributed by atoms with Gasteiger partial charge >= 0.3 is 0 Å². The maximum absolute atomic E-state index is 13.0. The van der Waals surface area contributed by atoms with Gasteiger partial charge in [-0.2, -0.15) is 0 Å². The number of nitrogens with zero attached hydrogens (tertiary/aromatic N) is 3. The first-order chi connectivity index (χ1) is 13.5. The fraction of sp³-hybridized carbons (Fsp3) is 0.316. The second kappa shape index (κ2) is 7.59. The van der Waals surface area contributed by atoms with Crippen LogP contribution in [-0.4, -0.2) is 49.3 Å². The van der Waals surface area contributed by atoms with Crippen molar-refractivity contribution >= 4 is 52.0 Å². The number of nitrogen functional groups attached to an aromatic ring is 1. The molecule has 2 heterocycles. The number of benzene rings is 1. The topological polar surface area (TPSA) is 95.1 Å². The van der Waals surface area contributed by atoms with E-state index in [2.05, 4.69) is 15.3 Å². The van der Waals surface area contributed by atoms with E-state index in [1.807, 2.05) is 73.1 Å². The van der Waals surface area contributed by atoms with Crippen LogP contribution in [0.15, 0.2) is 36.8 Å². The number of carbonyl (C=O) groups excluding carboxylic acids is 1. The van der Waals surface area contributed by atoms with Gasteiger partial charge in [0, 0.05) is 17.4 Å². The Labute approximate surface area is 173 Å². The number of nitrogens with two attached hydrogens (primary N) is 1. The predicted molar refractivity (Wildman–Crippen MR) is 124 cm³/mol. The van der Waals surface area contributed by atoms with Crippen LogP contribution in [0, 0.1) is 0 Å². The van der Waals surface area contributed by atoms with E-state index < -0.39 is 0 Å². The Morgan fingerprint density at radius 3 is 2.41 bits per heavy atom. The van der Waals surface area contributed by atoms with Crippen LogP contribution in [0.4, 0.5) is 11.5 Å². The number of aromatic nitrogens is 3. The van der Waals surface area contributed by atoms with E-state index >= 15 is 0 Å². The predicted octanol–water partition coefficient (Wildman–Crippen LogP) is 0.0480. The van der Waals surface area contributed by atoms with Crippen LogP contribution in [0.3, 0.4) is 0 Å². The number of fused-ring (bicyclic) bond motifs is 1. The number of ether oxygens (including phenoxy) is 1. The van der Waals surface area contributed by atoms with Crippen LogP contribution in [0.1, 0.15) is 36.7 Å². The van der Waals surface area contributed by atoms with Crippen LogP contribution >= 0.6 is 0 Å². The number of anilines is 2. The summed E-state index contributed by atoms with van der Waals surface area (Å²) in [4.78, 5) is 21.4. The largest absolute Gasteiger partial charge is 0.396 e. The van der Waals surface area contributed by atoms with Crippen molar-refractivity contribution in [2.45, 2.75) is 38.2 Å². The molecule has 0 saturated carbocycles. The summed E-state index contributed by atoms with van der Waals surface area (Å²) in [6, 6.07) is 7.61. The highest BCUT2D eigenvalue weighted by Crippen LogP contribution is 2.29. The molecule has 1 aromatic carbocycles. The van der Waals surface area contributed by atoms with Gasteiger partial charge in [-0.3, -0.25) is 4.79 Å². The molecule has 0 spiro atoms. The molecular formula is C19H26B3N5O2.